The van der Waals surface area contributed by atoms with Crippen molar-refractivity contribution in [1.29, 1.82) is 0 Å². The summed E-state index contributed by atoms with van der Waals surface area (Å²) in [6.45, 7) is 6.34. The summed E-state index contributed by atoms with van der Waals surface area (Å²) >= 11 is 0. The number of hydrogen-bond acceptors (Lipinski definition) is 11. The minimum atomic E-state index is -0.723. The van der Waals surface area contributed by atoms with E-state index in [1.165, 1.54) is 25.0 Å². The Morgan fingerprint density at radius 2 is 1.70 bits per heavy atom. The van der Waals surface area contributed by atoms with Crippen molar-refractivity contribution < 1.29 is 38.1 Å². The molecule has 3 rings (SSSR count). The predicted octanol–water partition coefficient (Wildman–Crippen LogP) is 0.849. The molecule has 1 aliphatic heterocycles. The summed E-state index contributed by atoms with van der Waals surface area (Å²) < 4.78 is 23.1. The number of alkyl carbamates (subject to hydrolysis) is 1. The summed E-state index contributed by atoms with van der Waals surface area (Å²) in [6, 6.07) is 2.74. The van der Waals surface area contributed by atoms with Crippen molar-refractivity contribution in [2.45, 2.75) is 52.0 Å². The van der Waals surface area contributed by atoms with E-state index in [-0.39, 0.29) is 42.8 Å². The highest BCUT2D eigenvalue weighted by atomic mass is 16.6. The molecular formula is C23H32N6O8. The minimum Gasteiger partial charge on any atom is -0.464 e. The number of likely N-dealkylation sites (N-methyl/N-ethyl adjacent to an activating group) is 1. The Hall–Kier alpha value is -3.94. The van der Waals surface area contributed by atoms with E-state index < -0.39 is 29.6 Å². The van der Waals surface area contributed by atoms with Crippen molar-refractivity contribution in [3.8, 4) is 0 Å². The number of esters is 3. The van der Waals surface area contributed by atoms with Crippen LogP contribution in [0.4, 0.5) is 4.79 Å². The van der Waals surface area contributed by atoms with Crippen molar-refractivity contribution in [3.05, 3.63) is 34.9 Å². The third-order valence-corrected chi connectivity index (χ3v) is 5.46. The number of fused-ring (bicyclic) bond motifs is 1. The van der Waals surface area contributed by atoms with Gasteiger partial charge in [-0.15, -0.1) is 0 Å². The van der Waals surface area contributed by atoms with E-state index in [4.69, 9.17) is 18.9 Å². The molecule has 37 heavy (non-hydrogen) atoms. The van der Waals surface area contributed by atoms with Gasteiger partial charge in [-0.1, -0.05) is 0 Å². The summed E-state index contributed by atoms with van der Waals surface area (Å²) in [5.41, 5.74) is 0.354. The van der Waals surface area contributed by atoms with Gasteiger partial charge in [0.15, 0.2) is 11.4 Å². The van der Waals surface area contributed by atoms with Gasteiger partial charge < -0.3 is 24.3 Å². The molecule has 1 atom stereocenters. The third-order valence-electron chi connectivity index (χ3n) is 5.46. The molecule has 0 spiro atoms. The number of hydrogen-bond donors (Lipinski definition) is 1. The molecule has 1 aliphatic rings. The number of nitrogens with zero attached hydrogens (tertiary/aromatic N) is 5. The minimum absolute atomic E-state index is 0.0306. The fraction of sp³-hybridized carbons (Fsp3) is 0.565. The van der Waals surface area contributed by atoms with Crippen molar-refractivity contribution in [2.75, 3.05) is 34.4 Å². The first-order valence-electron chi connectivity index (χ1n) is 11.6. The van der Waals surface area contributed by atoms with Crippen LogP contribution in [0.2, 0.25) is 0 Å². The molecule has 1 N–H and O–H groups in total. The summed E-state index contributed by atoms with van der Waals surface area (Å²) in [7, 11) is 4.37. The van der Waals surface area contributed by atoms with E-state index in [0.717, 1.165) is 5.69 Å². The molecule has 1 unspecified atom stereocenters. The average molecular weight is 521 g/mol. The topological polar surface area (TPSA) is 156 Å². The molecule has 0 aromatic carbocycles. The standard InChI is InChI=1S/C23H32N6O8/c1-23(2,3)37-22(33)24-7-8-28-18(21(32)35-6)10-17(25-28)20(31)36-13-15-12-29-14(11-27(15)4)9-16(26-29)19(30)34-5/h9-10,15H,7-8,11-13H2,1-6H3,(H,24,33). The molecule has 3 heterocycles. The van der Waals surface area contributed by atoms with E-state index in [1.54, 1.807) is 31.5 Å². The predicted molar refractivity (Wildman–Crippen MR) is 127 cm³/mol. The van der Waals surface area contributed by atoms with Crippen LogP contribution in [0.5, 0.6) is 0 Å². The molecule has 0 saturated heterocycles. The third kappa shape index (κ3) is 7.06. The maximum absolute atomic E-state index is 12.7. The van der Waals surface area contributed by atoms with Gasteiger partial charge in [0.1, 0.15) is 17.9 Å². The molecule has 202 valence electrons. The summed E-state index contributed by atoms with van der Waals surface area (Å²) in [5.74, 6) is -1.94. The van der Waals surface area contributed by atoms with Gasteiger partial charge in [0, 0.05) is 19.2 Å². The van der Waals surface area contributed by atoms with Crippen LogP contribution in [0.25, 0.3) is 0 Å². The molecule has 1 amide bonds. The van der Waals surface area contributed by atoms with Gasteiger partial charge in [0.25, 0.3) is 0 Å². The van der Waals surface area contributed by atoms with Crippen LogP contribution in [-0.2, 0) is 38.6 Å². The van der Waals surface area contributed by atoms with Crippen molar-refractivity contribution in [2.24, 2.45) is 0 Å². The van der Waals surface area contributed by atoms with Gasteiger partial charge in [-0.25, -0.2) is 19.2 Å². The second-order valence-electron chi connectivity index (χ2n) is 9.42. The smallest absolute Gasteiger partial charge is 0.407 e. The molecule has 14 nitrogen and oxygen atoms in total. The lowest BCUT2D eigenvalue weighted by atomic mass is 10.2. The molecule has 0 radical (unpaired) electrons. The Morgan fingerprint density at radius 1 is 1.03 bits per heavy atom. The molecule has 2 aromatic heterocycles. The number of carbonyl (C=O) groups excluding carboxylic acids is 4. The lowest BCUT2D eigenvalue weighted by Gasteiger charge is -2.32. The van der Waals surface area contributed by atoms with Crippen LogP contribution < -0.4 is 5.32 Å². The number of carbonyl (C=O) groups is 4. The van der Waals surface area contributed by atoms with E-state index in [2.05, 4.69) is 15.5 Å². The van der Waals surface area contributed by atoms with E-state index in [1.807, 2.05) is 11.9 Å². The Bertz CT molecular complexity index is 1160. The molecule has 2 aromatic rings. The quantitative estimate of drug-likeness (QED) is 0.389. The molecular weight excluding hydrogens is 488 g/mol. The zero-order chi connectivity index (χ0) is 27.3. The van der Waals surface area contributed by atoms with Crippen molar-refractivity contribution in [3.63, 3.8) is 0 Å². The molecule has 0 bridgehead atoms. The van der Waals surface area contributed by atoms with Crippen molar-refractivity contribution >= 4 is 24.0 Å². The molecule has 0 aliphatic carbocycles. The highest BCUT2D eigenvalue weighted by molar-refractivity contribution is 5.93. The van der Waals surface area contributed by atoms with Crippen LogP contribution in [0, 0.1) is 0 Å². The Kier molecular flexibility index (Phi) is 8.53. The number of rotatable bonds is 8. The summed E-state index contributed by atoms with van der Waals surface area (Å²) in [4.78, 5) is 50.6. The lowest BCUT2D eigenvalue weighted by Crippen LogP contribution is -2.43. The first kappa shape index (κ1) is 27.6. The van der Waals surface area contributed by atoms with Crippen molar-refractivity contribution in [1.82, 2.24) is 29.8 Å². The monoisotopic (exact) mass is 520 g/mol. The lowest BCUT2D eigenvalue weighted by molar-refractivity contribution is 0.0295. The van der Waals surface area contributed by atoms with E-state index in [9.17, 15) is 19.2 Å². The van der Waals surface area contributed by atoms with Crippen LogP contribution in [0.3, 0.4) is 0 Å². The number of ether oxygens (including phenoxy) is 4. The highest BCUT2D eigenvalue weighted by Gasteiger charge is 2.28. The van der Waals surface area contributed by atoms with Crippen LogP contribution >= 0.6 is 0 Å². The molecule has 14 heteroatoms. The first-order chi connectivity index (χ1) is 17.4. The van der Waals surface area contributed by atoms with Gasteiger partial charge in [0.05, 0.1) is 39.0 Å². The maximum atomic E-state index is 12.7. The number of amides is 1. The second-order valence-corrected chi connectivity index (χ2v) is 9.42. The Morgan fingerprint density at radius 3 is 2.35 bits per heavy atom. The van der Waals surface area contributed by atoms with Gasteiger partial charge in [0.2, 0.25) is 0 Å². The number of methoxy groups -OCH3 is 2. The number of nitrogens with one attached hydrogen (secondary N) is 1. The SMILES string of the molecule is COC(=O)c1cc2n(n1)CC(COC(=O)c1cc(C(=O)OC)n(CCNC(=O)OC(C)(C)C)n1)N(C)C2. The van der Waals surface area contributed by atoms with Gasteiger partial charge in [-0.2, -0.15) is 10.2 Å². The van der Waals surface area contributed by atoms with Gasteiger partial charge >= 0.3 is 24.0 Å². The fourth-order valence-electron chi connectivity index (χ4n) is 3.63. The fourth-order valence-corrected chi connectivity index (χ4v) is 3.63. The zero-order valence-corrected chi connectivity index (χ0v) is 21.8. The van der Waals surface area contributed by atoms with E-state index in [0.29, 0.717) is 13.1 Å². The Labute approximate surface area is 213 Å². The Balaban J connectivity index is 1.62. The largest absolute Gasteiger partial charge is 0.464 e. The van der Waals surface area contributed by atoms with Gasteiger partial charge in [-0.05, 0) is 33.9 Å². The van der Waals surface area contributed by atoms with Crippen LogP contribution in [0.15, 0.2) is 12.1 Å². The molecule has 0 saturated carbocycles. The number of aromatic nitrogens is 4. The van der Waals surface area contributed by atoms with Crippen LogP contribution in [-0.4, -0.2) is 94.5 Å². The van der Waals surface area contributed by atoms with E-state index >= 15 is 0 Å². The summed E-state index contributed by atoms with van der Waals surface area (Å²) in [5, 5.41) is 11.0. The van der Waals surface area contributed by atoms with Crippen LogP contribution in [0.1, 0.15) is 57.9 Å². The highest BCUT2D eigenvalue weighted by Crippen LogP contribution is 2.18. The summed E-state index contributed by atoms with van der Waals surface area (Å²) in [6.07, 6.45) is -0.616. The maximum Gasteiger partial charge on any atom is 0.407 e. The normalized spacial score (nSPS) is 15.5. The zero-order valence-electron chi connectivity index (χ0n) is 21.8. The second kappa shape index (κ2) is 11.4. The first-order valence-corrected chi connectivity index (χ1v) is 11.6. The van der Waals surface area contributed by atoms with Gasteiger partial charge in [-0.3, -0.25) is 14.3 Å². The average Bonchev–Trinajstić information content (AvgIpc) is 3.44. The molecule has 0 fully saturated rings.